The Bertz CT molecular complexity index is 555. The van der Waals surface area contributed by atoms with Crippen LogP contribution in [0.4, 0.5) is 0 Å². The van der Waals surface area contributed by atoms with Crippen molar-refractivity contribution >= 4 is 22.0 Å². The van der Waals surface area contributed by atoms with Crippen LogP contribution in [0.25, 0.3) is 5.69 Å². The second-order valence-electron chi connectivity index (χ2n) is 5.55. The van der Waals surface area contributed by atoms with Gasteiger partial charge in [0.25, 0.3) is 0 Å². The number of hydrogen-bond acceptors (Lipinski definition) is 2. The molecule has 0 aliphatic heterocycles. The van der Waals surface area contributed by atoms with Gasteiger partial charge < -0.3 is 0 Å². The minimum atomic E-state index is -1.97. The number of ether oxygens (including phenoxy) is 1. The summed E-state index contributed by atoms with van der Waals surface area (Å²) in [6, 6.07) is 8.61. The maximum absolute atomic E-state index is 5.11. The van der Waals surface area contributed by atoms with Crippen molar-refractivity contribution in [3.63, 3.8) is 0 Å². The normalized spacial score (nSPS) is 11.6. The molecule has 0 N–H and O–H groups in total. The molecule has 96 valence electrons. The van der Waals surface area contributed by atoms with Crippen LogP contribution in [0.2, 0.25) is 14.8 Å². The molecule has 0 spiro atoms. The zero-order valence-corrected chi connectivity index (χ0v) is 14.5. The van der Waals surface area contributed by atoms with E-state index in [4.69, 9.17) is 4.74 Å². The number of rotatable bonds is 3. The summed E-state index contributed by atoms with van der Waals surface area (Å²) in [6.45, 7) is 2.14. The first-order valence-corrected chi connectivity index (χ1v) is 16.1. The van der Waals surface area contributed by atoms with Gasteiger partial charge in [0.15, 0.2) is 0 Å². The van der Waals surface area contributed by atoms with Crippen molar-refractivity contribution in [2.45, 2.75) is 21.7 Å². The van der Waals surface area contributed by atoms with Gasteiger partial charge in [-0.25, -0.2) is 0 Å². The first-order chi connectivity index (χ1) is 8.41. The van der Waals surface area contributed by atoms with Gasteiger partial charge in [0.2, 0.25) is 0 Å². The van der Waals surface area contributed by atoms with Crippen LogP contribution >= 0.6 is 0 Å². The molecule has 2 rings (SSSR count). The van der Waals surface area contributed by atoms with E-state index in [1.54, 1.807) is 10.7 Å². The van der Waals surface area contributed by atoms with Crippen LogP contribution in [-0.2, 0) is 0 Å². The van der Waals surface area contributed by atoms with Crippen LogP contribution in [-0.4, -0.2) is 35.3 Å². The Morgan fingerprint density at radius 3 is 2.39 bits per heavy atom. The van der Waals surface area contributed by atoms with Crippen molar-refractivity contribution in [3.8, 4) is 11.6 Å². The Balaban J connectivity index is 2.41. The van der Waals surface area contributed by atoms with E-state index in [9.17, 15) is 0 Å². The first-order valence-electron chi connectivity index (χ1n) is 6.13. The number of aryl methyl sites for hydroxylation is 1. The van der Waals surface area contributed by atoms with Gasteiger partial charge in [-0.2, -0.15) is 0 Å². The number of nitrogens with zero attached hydrogens (tertiary/aromatic N) is 2. The fraction of sp³-hybridized carbons (Fsp3) is 0.357. The molecule has 0 bridgehead atoms. The first kappa shape index (κ1) is 13.5. The fourth-order valence-corrected chi connectivity index (χ4v) is 5.45. The average Bonchev–Trinajstić information content (AvgIpc) is 2.76. The van der Waals surface area contributed by atoms with Gasteiger partial charge in [0, 0.05) is 0 Å². The predicted octanol–water partition coefficient (Wildman–Crippen LogP) is 2.73. The van der Waals surface area contributed by atoms with Gasteiger partial charge in [-0.15, -0.1) is 0 Å². The summed E-state index contributed by atoms with van der Waals surface area (Å²) in [5.41, 5.74) is 2.39. The number of methoxy groups -OCH3 is 1. The average molecular weight is 351 g/mol. The Labute approximate surface area is 113 Å². The molecule has 0 saturated heterocycles. The summed E-state index contributed by atoms with van der Waals surface area (Å²) in [5.74, 6) is 0.647. The molecule has 1 aromatic carbocycles. The van der Waals surface area contributed by atoms with Crippen LogP contribution in [0.1, 0.15) is 5.56 Å². The Hall–Kier alpha value is -0.971. The maximum atomic E-state index is 5.11. The molecule has 0 saturated carbocycles. The molecule has 2 aromatic rings. The molecule has 0 aliphatic carbocycles. The van der Waals surface area contributed by atoms with Gasteiger partial charge in [-0.3, -0.25) is 0 Å². The molecule has 0 amide bonds. The predicted molar refractivity (Wildman–Crippen MR) is 77.8 cm³/mol. The van der Waals surface area contributed by atoms with E-state index in [0.717, 1.165) is 5.69 Å². The fourth-order valence-electron chi connectivity index (χ4n) is 1.93. The van der Waals surface area contributed by atoms with Crippen molar-refractivity contribution in [1.82, 2.24) is 9.78 Å². The van der Waals surface area contributed by atoms with Gasteiger partial charge in [0.1, 0.15) is 0 Å². The molecule has 0 atom stereocenters. The van der Waals surface area contributed by atoms with Crippen LogP contribution in [0.5, 0.6) is 5.88 Å². The number of benzene rings is 1. The quantitative estimate of drug-likeness (QED) is 0.796. The zero-order chi connectivity index (χ0) is 13.3. The molecule has 0 unspecified atom stereocenters. The molecule has 1 heterocycles. The summed E-state index contributed by atoms with van der Waals surface area (Å²) in [6.07, 6.45) is 1.93. The molecular formula is C14H20N2OSn. The molecular weight excluding hydrogens is 331 g/mol. The van der Waals surface area contributed by atoms with Crippen LogP contribution < -0.4 is 8.32 Å². The summed E-state index contributed by atoms with van der Waals surface area (Å²) >= 11 is -1.97. The van der Waals surface area contributed by atoms with Crippen molar-refractivity contribution in [2.75, 3.05) is 7.11 Å². The summed E-state index contributed by atoms with van der Waals surface area (Å²) in [7, 11) is 1.64. The van der Waals surface area contributed by atoms with E-state index in [1.165, 1.54) is 5.56 Å². The van der Waals surface area contributed by atoms with Gasteiger partial charge in [0.05, 0.1) is 0 Å². The van der Waals surface area contributed by atoms with E-state index >= 15 is 0 Å². The topological polar surface area (TPSA) is 27.1 Å². The van der Waals surface area contributed by atoms with Gasteiger partial charge >= 0.3 is 113 Å². The third-order valence-corrected chi connectivity index (χ3v) is 8.91. The molecule has 0 fully saturated rings. The Morgan fingerprint density at radius 2 is 1.89 bits per heavy atom. The van der Waals surface area contributed by atoms with E-state index < -0.39 is 18.4 Å². The molecule has 0 radical (unpaired) electrons. The molecule has 1 aromatic heterocycles. The zero-order valence-electron chi connectivity index (χ0n) is 11.7. The second-order valence-corrected chi connectivity index (χ2v) is 20.0. The summed E-state index contributed by atoms with van der Waals surface area (Å²) in [5, 5.41) is 4.36. The summed E-state index contributed by atoms with van der Waals surface area (Å²) in [4.78, 5) is 7.29. The molecule has 18 heavy (non-hydrogen) atoms. The van der Waals surface area contributed by atoms with E-state index in [1.807, 2.05) is 16.9 Å². The van der Waals surface area contributed by atoms with Crippen molar-refractivity contribution < 1.29 is 4.74 Å². The van der Waals surface area contributed by atoms with Gasteiger partial charge in [-0.1, -0.05) is 0 Å². The molecule has 4 heteroatoms. The Morgan fingerprint density at radius 1 is 1.17 bits per heavy atom. The molecule has 3 nitrogen and oxygen atoms in total. The van der Waals surface area contributed by atoms with Crippen LogP contribution in [0.3, 0.4) is 0 Å². The van der Waals surface area contributed by atoms with E-state index in [-0.39, 0.29) is 0 Å². The van der Waals surface area contributed by atoms with Gasteiger partial charge in [-0.05, 0) is 0 Å². The van der Waals surface area contributed by atoms with Crippen molar-refractivity contribution in [2.24, 2.45) is 0 Å². The third-order valence-electron chi connectivity index (χ3n) is 3.08. The van der Waals surface area contributed by atoms with E-state index in [0.29, 0.717) is 5.88 Å². The van der Waals surface area contributed by atoms with Crippen molar-refractivity contribution in [1.29, 1.82) is 0 Å². The Kier molecular flexibility index (Phi) is 3.71. The number of aromatic nitrogens is 2. The minimum absolute atomic E-state index is 0.647. The van der Waals surface area contributed by atoms with E-state index in [2.05, 4.69) is 45.0 Å². The number of hydrogen-bond donors (Lipinski definition) is 0. The SMILES string of the molecule is COc1ccn(-c2cc[c]([Sn]([CH3])([CH3])[CH3])cc2C)n1. The second kappa shape index (κ2) is 4.96. The summed E-state index contributed by atoms with van der Waals surface area (Å²) < 4.78 is 8.53. The van der Waals surface area contributed by atoms with Crippen molar-refractivity contribution in [3.05, 3.63) is 36.0 Å². The molecule has 0 aliphatic rings. The van der Waals surface area contributed by atoms with Crippen LogP contribution in [0.15, 0.2) is 30.5 Å². The third kappa shape index (κ3) is 2.71. The van der Waals surface area contributed by atoms with Crippen LogP contribution in [0, 0.1) is 6.92 Å². The monoisotopic (exact) mass is 352 g/mol. The standard InChI is InChI=1S/C11H11N2O.3CH3.Sn/c1-9-5-3-4-6-10(9)13-8-7-11(12-13)14-2;;;;/h4-8H,1-2H3;3*1H3;.